The van der Waals surface area contributed by atoms with Crippen molar-refractivity contribution in [1.29, 1.82) is 0 Å². The monoisotopic (exact) mass is 380 g/mol. The summed E-state index contributed by atoms with van der Waals surface area (Å²) in [7, 11) is 2.20. The van der Waals surface area contributed by atoms with Gasteiger partial charge in [-0.25, -0.2) is 9.97 Å². The summed E-state index contributed by atoms with van der Waals surface area (Å²) in [6.07, 6.45) is 7.85. The Labute approximate surface area is 168 Å². The molecular weight excluding hydrogens is 348 g/mol. The van der Waals surface area contributed by atoms with Gasteiger partial charge >= 0.3 is 0 Å². The van der Waals surface area contributed by atoms with E-state index in [9.17, 15) is 0 Å². The maximum atomic E-state index is 5.93. The van der Waals surface area contributed by atoms with Crippen molar-refractivity contribution in [3.05, 3.63) is 53.1 Å². The van der Waals surface area contributed by atoms with Gasteiger partial charge in [0.2, 0.25) is 0 Å². The topological polar surface area (TPSA) is 41.5 Å². The molecule has 0 bridgehead atoms. The van der Waals surface area contributed by atoms with Gasteiger partial charge < -0.3 is 4.74 Å². The molecule has 0 radical (unpaired) electrons. The van der Waals surface area contributed by atoms with Crippen LogP contribution in [0.1, 0.15) is 61.3 Å². The van der Waals surface area contributed by atoms with Crippen LogP contribution in [0, 0.1) is 0 Å². The highest BCUT2D eigenvalue weighted by Gasteiger charge is 2.25. The number of aromatic nitrogens is 2. The number of likely N-dealkylation sites (tertiary alicyclic amines) is 1. The lowest BCUT2D eigenvalue weighted by atomic mass is 10.0. The van der Waals surface area contributed by atoms with E-state index < -0.39 is 0 Å². The Bertz CT molecular complexity index is 794. The van der Waals surface area contributed by atoms with Crippen LogP contribution in [0.3, 0.4) is 0 Å². The molecule has 4 rings (SSSR count). The van der Waals surface area contributed by atoms with Crippen molar-refractivity contribution >= 4 is 0 Å². The summed E-state index contributed by atoms with van der Waals surface area (Å²) in [4.78, 5) is 14.6. The van der Waals surface area contributed by atoms with Crippen molar-refractivity contribution in [2.45, 2.75) is 58.2 Å². The van der Waals surface area contributed by atoms with E-state index in [1.54, 1.807) is 0 Å². The van der Waals surface area contributed by atoms with E-state index in [-0.39, 0.29) is 0 Å². The average molecular weight is 381 g/mol. The molecular formula is C23H32N4O. The first-order valence-corrected chi connectivity index (χ1v) is 10.7. The first-order valence-electron chi connectivity index (χ1n) is 10.7. The molecule has 1 aromatic heterocycles. The summed E-state index contributed by atoms with van der Waals surface area (Å²) in [5, 5.41) is 0. The molecule has 3 heterocycles. The Kier molecular flexibility index (Phi) is 6.23. The lowest BCUT2D eigenvalue weighted by molar-refractivity contribution is 0.178. The molecule has 1 saturated heterocycles. The van der Waals surface area contributed by atoms with Crippen molar-refractivity contribution in [1.82, 2.24) is 19.8 Å². The van der Waals surface area contributed by atoms with E-state index in [1.165, 1.54) is 36.1 Å². The minimum absolute atomic E-state index is 0.389. The maximum Gasteiger partial charge on any atom is 0.145 e. The molecule has 0 N–H and O–H groups in total. The van der Waals surface area contributed by atoms with Crippen LogP contribution in [-0.2, 0) is 19.5 Å². The van der Waals surface area contributed by atoms with Crippen LogP contribution < -0.4 is 4.74 Å². The van der Waals surface area contributed by atoms with E-state index >= 15 is 0 Å². The molecule has 5 nitrogen and oxygen atoms in total. The molecule has 2 aromatic rings. The standard InChI is InChI=1S/C23H32N4O/c1-3-14-28-22-10-5-4-8-18(22)16-27-13-11-20-19(17-27)15-24-23(25-20)21-9-6-7-12-26(21)2/h4-5,8,10,15,21H,3,6-7,9,11-14,16-17H2,1-2H3. The molecule has 2 aliphatic heterocycles. The van der Waals surface area contributed by atoms with Gasteiger partial charge in [0, 0.05) is 49.1 Å². The summed E-state index contributed by atoms with van der Waals surface area (Å²) in [6, 6.07) is 8.80. The van der Waals surface area contributed by atoms with Gasteiger partial charge in [-0.05, 0) is 38.9 Å². The predicted octanol–water partition coefficient (Wildman–Crippen LogP) is 3.98. The summed E-state index contributed by atoms with van der Waals surface area (Å²) in [6.45, 7) is 6.92. The molecule has 1 fully saturated rings. The first-order chi connectivity index (χ1) is 13.7. The van der Waals surface area contributed by atoms with Crippen LogP contribution >= 0.6 is 0 Å². The van der Waals surface area contributed by atoms with E-state index in [0.717, 1.165) is 57.2 Å². The summed E-state index contributed by atoms with van der Waals surface area (Å²) in [5.74, 6) is 2.04. The van der Waals surface area contributed by atoms with Crippen molar-refractivity contribution < 1.29 is 4.74 Å². The van der Waals surface area contributed by atoms with E-state index in [1.807, 2.05) is 0 Å². The molecule has 0 saturated carbocycles. The zero-order valence-electron chi connectivity index (χ0n) is 17.2. The summed E-state index contributed by atoms with van der Waals surface area (Å²) < 4.78 is 5.93. The quantitative estimate of drug-likeness (QED) is 0.758. The van der Waals surface area contributed by atoms with E-state index in [2.05, 4.69) is 54.2 Å². The molecule has 1 aromatic carbocycles. The minimum atomic E-state index is 0.389. The molecule has 2 aliphatic rings. The molecule has 0 amide bonds. The molecule has 150 valence electrons. The van der Waals surface area contributed by atoms with Gasteiger partial charge in [0.05, 0.1) is 12.6 Å². The van der Waals surface area contributed by atoms with Gasteiger partial charge in [-0.3, -0.25) is 9.80 Å². The maximum absolute atomic E-state index is 5.93. The highest BCUT2D eigenvalue weighted by molar-refractivity contribution is 5.33. The van der Waals surface area contributed by atoms with Crippen molar-refractivity contribution in [3.8, 4) is 5.75 Å². The predicted molar refractivity (Wildman–Crippen MR) is 111 cm³/mol. The Balaban J connectivity index is 1.44. The van der Waals surface area contributed by atoms with Crippen molar-refractivity contribution in [3.63, 3.8) is 0 Å². The molecule has 1 unspecified atom stereocenters. The molecule has 5 heteroatoms. The van der Waals surface area contributed by atoms with Crippen LogP contribution in [0.15, 0.2) is 30.5 Å². The number of hydrogen-bond donors (Lipinski definition) is 0. The second kappa shape index (κ2) is 9.01. The molecule has 0 aliphatic carbocycles. The number of ether oxygens (including phenoxy) is 1. The Morgan fingerprint density at radius 3 is 2.93 bits per heavy atom. The SMILES string of the molecule is CCCOc1ccccc1CN1CCc2nc(C3CCCCN3C)ncc2C1. The Hall–Kier alpha value is -1.98. The van der Waals surface area contributed by atoms with Crippen molar-refractivity contribution in [2.24, 2.45) is 0 Å². The number of piperidine rings is 1. The highest BCUT2D eigenvalue weighted by atomic mass is 16.5. The fourth-order valence-corrected chi connectivity index (χ4v) is 4.32. The van der Waals surface area contributed by atoms with Gasteiger partial charge in [0.25, 0.3) is 0 Å². The van der Waals surface area contributed by atoms with Crippen LogP contribution in [0.2, 0.25) is 0 Å². The van der Waals surface area contributed by atoms with Gasteiger partial charge in [-0.1, -0.05) is 31.5 Å². The largest absolute Gasteiger partial charge is 0.493 e. The Morgan fingerprint density at radius 1 is 1.18 bits per heavy atom. The fraction of sp³-hybridized carbons (Fsp3) is 0.565. The van der Waals surface area contributed by atoms with Crippen molar-refractivity contribution in [2.75, 3.05) is 26.7 Å². The van der Waals surface area contributed by atoms with Gasteiger partial charge in [0.1, 0.15) is 11.6 Å². The summed E-state index contributed by atoms with van der Waals surface area (Å²) >= 11 is 0. The van der Waals surface area contributed by atoms with Crippen LogP contribution in [-0.4, -0.2) is 46.5 Å². The third kappa shape index (κ3) is 4.36. The number of hydrogen-bond acceptors (Lipinski definition) is 5. The lowest BCUT2D eigenvalue weighted by Crippen LogP contribution is -2.33. The third-order valence-electron chi connectivity index (χ3n) is 5.93. The van der Waals surface area contributed by atoms with Crippen LogP contribution in [0.5, 0.6) is 5.75 Å². The second-order valence-electron chi connectivity index (χ2n) is 8.11. The minimum Gasteiger partial charge on any atom is -0.493 e. The second-order valence-corrected chi connectivity index (χ2v) is 8.11. The van der Waals surface area contributed by atoms with E-state index in [0.29, 0.717) is 6.04 Å². The molecule has 0 spiro atoms. The molecule has 1 atom stereocenters. The fourth-order valence-electron chi connectivity index (χ4n) is 4.32. The smallest absolute Gasteiger partial charge is 0.145 e. The van der Waals surface area contributed by atoms with Gasteiger partial charge in [-0.2, -0.15) is 0 Å². The Morgan fingerprint density at radius 2 is 2.07 bits per heavy atom. The van der Waals surface area contributed by atoms with Gasteiger partial charge in [0.15, 0.2) is 0 Å². The number of rotatable bonds is 6. The van der Waals surface area contributed by atoms with Gasteiger partial charge in [-0.15, -0.1) is 0 Å². The van der Waals surface area contributed by atoms with Crippen LogP contribution in [0.25, 0.3) is 0 Å². The zero-order chi connectivity index (χ0) is 19.3. The average Bonchev–Trinajstić information content (AvgIpc) is 2.73. The number of para-hydroxylation sites is 1. The highest BCUT2D eigenvalue weighted by Crippen LogP contribution is 2.29. The normalized spacial score (nSPS) is 20.7. The summed E-state index contributed by atoms with van der Waals surface area (Å²) in [5.41, 5.74) is 3.79. The number of benzene rings is 1. The third-order valence-corrected chi connectivity index (χ3v) is 5.93. The lowest BCUT2D eigenvalue weighted by Gasteiger charge is -2.33. The van der Waals surface area contributed by atoms with Crippen LogP contribution in [0.4, 0.5) is 0 Å². The number of nitrogens with zero attached hydrogens (tertiary/aromatic N) is 4. The zero-order valence-corrected chi connectivity index (χ0v) is 17.2. The molecule has 28 heavy (non-hydrogen) atoms. The van der Waals surface area contributed by atoms with E-state index in [4.69, 9.17) is 14.7 Å². The first kappa shape index (κ1) is 19.3. The number of fused-ring (bicyclic) bond motifs is 1.